The van der Waals surface area contributed by atoms with E-state index in [4.69, 9.17) is 0 Å². The standard InChI is InChI=1S/C17H23N5O/c1-2-13-5-3-4-6-14(13)11-19-17(23)16-12-22(21-20-16)15-7-9-18-10-8-15/h3-6,12,15,18H,2,7-11H2,1H3,(H,19,23). The Bertz CT molecular complexity index is 661. The maximum atomic E-state index is 12.3. The van der Waals surface area contributed by atoms with E-state index in [0.717, 1.165) is 37.9 Å². The quantitative estimate of drug-likeness (QED) is 0.881. The van der Waals surface area contributed by atoms with Crippen molar-refractivity contribution in [3.63, 3.8) is 0 Å². The van der Waals surface area contributed by atoms with Crippen LogP contribution in [0.4, 0.5) is 0 Å². The van der Waals surface area contributed by atoms with Gasteiger partial charge in [0.25, 0.3) is 5.91 Å². The third-order valence-electron chi connectivity index (χ3n) is 4.36. The van der Waals surface area contributed by atoms with Gasteiger partial charge < -0.3 is 10.6 Å². The molecule has 122 valence electrons. The van der Waals surface area contributed by atoms with Crippen molar-refractivity contribution in [1.82, 2.24) is 25.6 Å². The van der Waals surface area contributed by atoms with Crippen LogP contribution in [0.2, 0.25) is 0 Å². The number of nitrogens with one attached hydrogen (secondary N) is 2. The molecule has 1 aliphatic heterocycles. The van der Waals surface area contributed by atoms with E-state index in [-0.39, 0.29) is 5.91 Å². The number of benzene rings is 1. The lowest BCUT2D eigenvalue weighted by molar-refractivity contribution is 0.0945. The third-order valence-corrected chi connectivity index (χ3v) is 4.36. The summed E-state index contributed by atoms with van der Waals surface area (Å²) in [5, 5.41) is 14.4. The smallest absolute Gasteiger partial charge is 0.273 e. The highest BCUT2D eigenvalue weighted by molar-refractivity contribution is 5.91. The third kappa shape index (κ3) is 3.76. The van der Waals surface area contributed by atoms with E-state index in [2.05, 4.69) is 33.9 Å². The van der Waals surface area contributed by atoms with E-state index in [1.165, 1.54) is 5.56 Å². The van der Waals surface area contributed by atoms with Crippen LogP contribution in [0.3, 0.4) is 0 Å². The summed E-state index contributed by atoms with van der Waals surface area (Å²) in [5.74, 6) is -0.170. The van der Waals surface area contributed by atoms with Crippen LogP contribution in [0.1, 0.15) is 47.4 Å². The van der Waals surface area contributed by atoms with Crippen molar-refractivity contribution in [2.24, 2.45) is 0 Å². The topological polar surface area (TPSA) is 71.8 Å². The van der Waals surface area contributed by atoms with Gasteiger partial charge in [0, 0.05) is 6.54 Å². The highest BCUT2D eigenvalue weighted by atomic mass is 16.2. The predicted molar refractivity (Wildman–Crippen MR) is 88.2 cm³/mol. The molecule has 1 saturated heterocycles. The van der Waals surface area contributed by atoms with Crippen LogP contribution in [-0.4, -0.2) is 34.0 Å². The number of nitrogens with zero attached hydrogens (tertiary/aromatic N) is 3. The minimum absolute atomic E-state index is 0.170. The number of rotatable bonds is 5. The zero-order chi connectivity index (χ0) is 16.1. The van der Waals surface area contributed by atoms with E-state index in [1.54, 1.807) is 6.20 Å². The minimum Gasteiger partial charge on any atom is -0.347 e. The largest absolute Gasteiger partial charge is 0.347 e. The summed E-state index contributed by atoms with van der Waals surface area (Å²) >= 11 is 0. The molecule has 0 spiro atoms. The molecule has 1 fully saturated rings. The van der Waals surface area contributed by atoms with Crippen LogP contribution in [0.25, 0.3) is 0 Å². The lowest BCUT2D eigenvalue weighted by Gasteiger charge is -2.22. The van der Waals surface area contributed by atoms with E-state index >= 15 is 0 Å². The number of piperidine rings is 1. The number of hydrogen-bond acceptors (Lipinski definition) is 4. The SMILES string of the molecule is CCc1ccccc1CNC(=O)c1cn(C2CCNCC2)nn1. The maximum Gasteiger partial charge on any atom is 0.273 e. The highest BCUT2D eigenvalue weighted by Crippen LogP contribution is 2.17. The molecule has 1 aromatic heterocycles. The summed E-state index contributed by atoms with van der Waals surface area (Å²) in [5.41, 5.74) is 2.79. The zero-order valence-corrected chi connectivity index (χ0v) is 13.5. The molecule has 0 unspecified atom stereocenters. The van der Waals surface area contributed by atoms with Gasteiger partial charge in [0.2, 0.25) is 0 Å². The van der Waals surface area contributed by atoms with Gasteiger partial charge in [-0.1, -0.05) is 36.4 Å². The summed E-state index contributed by atoms with van der Waals surface area (Å²) in [6.45, 7) is 4.61. The Morgan fingerprint density at radius 1 is 1.30 bits per heavy atom. The Hall–Kier alpha value is -2.21. The second-order valence-electron chi connectivity index (χ2n) is 5.87. The lowest BCUT2D eigenvalue weighted by Crippen LogP contribution is -2.29. The van der Waals surface area contributed by atoms with E-state index < -0.39 is 0 Å². The molecule has 2 aromatic rings. The number of aromatic nitrogens is 3. The van der Waals surface area contributed by atoms with Gasteiger partial charge in [0.1, 0.15) is 0 Å². The predicted octanol–water partition coefficient (Wildman–Crippen LogP) is 1.69. The second kappa shape index (κ2) is 7.37. The van der Waals surface area contributed by atoms with E-state index in [1.807, 2.05) is 22.9 Å². The molecule has 0 atom stereocenters. The molecule has 0 radical (unpaired) electrons. The molecule has 0 aliphatic carbocycles. The molecule has 23 heavy (non-hydrogen) atoms. The van der Waals surface area contributed by atoms with Crippen molar-refractivity contribution in [3.8, 4) is 0 Å². The molecule has 2 heterocycles. The minimum atomic E-state index is -0.170. The fraction of sp³-hybridized carbons (Fsp3) is 0.471. The van der Waals surface area contributed by atoms with Crippen molar-refractivity contribution in [2.75, 3.05) is 13.1 Å². The number of carbonyl (C=O) groups is 1. The van der Waals surface area contributed by atoms with Gasteiger partial charge in [-0.15, -0.1) is 5.10 Å². The van der Waals surface area contributed by atoms with Crippen molar-refractivity contribution in [1.29, 1.82) is 0 Å². The van der Waals surface area contributed by atoms with Gasteiger partial charge >= 0.3 is 0 Å². The lowest BCUT2D eigenvalue weighted by atomic mass is 10.1. The molecule has 1 aliphatic rings. The first-order valence-electron chi connectivity index (χ1n) is 8.25. The first-order chi connectivity index (χ1) is 11.3. The van der Waals surface area contributed by atoms with Crippen molar-refractivity contribution in [3.05, 3.63) is 47.3 Å². The Morgan fingerprint density at radius 3 is 2.78 bits per heavy atom. The molecule has 2 N–H and O–H groups in total. The number of carbonyl (C=O) groups excluding carboxylic acids is 1. The number of aryl methyl sites for hydroxylation is 1. The average Bonchev–Trinajstić information content (AvgIpc) is 3.11. The fourth-order valence-electron chi connectivity index (χ4n) is 2.97. The Labute approximate surface area is 136 Å². The van der Waals surface area contributed by atoms with E-state index in [0.29, 0.717) is 18.3 Å². The van der Waals surface area contributed by atoms with Crippen LogP contribution in [-0.2, 0) is 13.0 Å². The van der Waals surface area contributed by atoms with Crippen LogP contribution < -0.4 is 10.6 Å². The highest BCUT2D eigenvalue weighted by Gasteiger charge is 2.18. The number of hydrogen-bond donors (Lipinski definition) is 2. The number of amides is 1. The Balaban J connectivity index is 1.61. The molecular formula is C17H23N5O. The first kappa shape index (κ1) is 15.7. The average molecular weight is 313 g/mol. The van der Waals surface area contributed by atoms with Gasteiger partial charge in [-0.25, -0.2) is 4.68 Å². The fourth-order valence-corrected chi connectivity index (χ4v) is 2.97. The maximum absolute atomic E-state index is 12.3. The summed E-state index contributed by atoms with van der Waals surface area (Å²) in [7, 11) is 0. The Kier molecular flexibility index (Phi) is 5.02. The van der Waals surface area contributed by atoms with Gasteiger partial charge in [-0.3, -0.25) is 4.79 Å². The van der Waals surface area contributed by atoms with Crippen molar-refractivity contribution < 1.29 is 4.79 Å². The summed E-state index contributed by atoms with van der Waals surface area (Å²) in [4.78, 5) is 12.3. The summed E-state index contributed by atoms with van der Waals surface area (Å²) < 4.78 is 1.83. The van der Waals surface area contributed by atoms with Gasteiger partial charge in [0.05, 0.1) is 12.2 Å². The van der Waals surface area contributed by atoms with Crippen LogP contribution in [0, 0.1) is 0 Å². The second-order valence-corrected chi connectivity index (χ2v) is 5.87. The molecule has 1 amide bonds. The zero-order valence-electron chi connectivity index (χ0n) is 13.5. The van der Waals surface area contributed by atoms with Crippen LogP contribution in [0.15, 0.2) is 30.5 Å². The molecule has 6 heteroatoms. The summed E-state index contributed by atoms with van der Waals surface area (Å²) in [6, 6.07) is 8.49. The van der Waals surface area contributed by atoms with Crippen molar-refractivity contribution in [2.45, 2.75) is 38.8 Å². The summed E-state index contributed by atoms with van der Waals surface area (Å²) in [6.07, 6.45) is 4.76. The van der Waals surface area contributed by atoms with Crippen LogP contribution >= 0.6 is 0 Å². The Morgan fingerprint density at radius 2 is 2.04 bits per heavy atom. The monoisotopic (exact) mass is 313 g/mol. The first-order valence-corrected chi connectivity index (χ1v) is 8.25. The van der Waals surface area contributed by atoms with Gasteiger partial charge in [-0.2, -0.15) is 0 Å². The molecular weight excluding hydrogens is 290 g/mol. The molecule has 0 saturated carbocycles. The molecule has 6 nitrogen and oxygen atoms in total. The van der Waals surface area contributed by atoms with E-state index in [9.17, 15) is 4.79 Å². The molecule has 3 rings (SSSR count). The van der Waals surface area contributed by atoms with Gasteiger partial charge in [-0.05, 0) is 43.5 Å². The molecule has 1 aromatic carbocycles. The molecule has 0 bridgehead atoms. The normalized spacial score (nSPS) is 15.5. The van der Waals surface area contributed by atoms with Crippen LogP contribution in [0.5, 0.6) is 0 Å². The van der Waals surface area contributed by atoms with Gasteiger partial charge in [0.15, 0.2) is 5.69 Å². The van der Waals surface area contributed by atoms with Crippen molar-refractivity contribution >= 4 is 5.91 Å².